The SMILES string of the molecule is Cn1ncc(C(=O)CBr)cc1=O. The molecule has 0 spiro atoms. The minimum atomic E-state index is -0.276. The number of hydrogen-bond donors (Lipinski definition) is 0. The summed E-state index contributed by atoms with van der Waals surface area (Å²) in [4.78, 5) is 22.0. The van der Waals surface area contributed by atoms with E-state index in [0.29, 0.717) is 5.56 Å². The van der Waals surface area contributed by atoms with Crippen LogP contribution in [0.1, 0.15) is 10.4 Å². The molecule has 0 saturated carbocycles. The van der Waals surface area contributed by atoms with Gasteiger partial charge < -0.3 is 0 Å². The van der Waals surface area contributed by atoms with Crippen LogP contribution in [-0.2, 0) is 7.05 Å². The van der Waals surface area contributed by atoms with Crippen LogP contribution in [-0.4, -0.2) is 20.9 Å². The quantitative estimate of drug-likeness (QED) is 0.545. The van der Waals surface area contributed by atoms with Crippen LogP contribution >= 0.6 is 15.9 Å². The average molecular weight is 231 g/mol. The molecule has 0 atom stereocenters. The van der Waals surface area contributed by atoms with Crippen molar-refractivity contribution < 1.29 is 4.79 Å². The van der Waals surface area contributed by atoms with Crippen molar-refractivity contribution in [2.45, 2.75) is 0 Å². The Hall–Kier alpha value is -0.970. The Morgan fingerprint density at radius 3 is 2.92 bits per heavy atom. The van der Waals surface area contributed by atoms with Gasteiger partial charge in [-0.25, -0.2) is 4.68 Å². The molecule has 0 saturated heterocycles. The van der Waals surface area contributed by atoms with E-state index in [2.05, 4.69) is 21.0 Å². The fraction of sp³-hybridized carbons (Fsp3) is 0.286. The summed E-state index contributed by atoms with van der Waals surface area (Å²) in [6.45, 7) is 0. The molecular weight excluding hydrogens is 224 g/mol. The van der Waals surface area contributed by atoms with Gasteiger partial charge in [-0.1, -0.05) is 15.9 Å². The molecule has 5 heteroatoms. The van der Waals surface area contributed by atoms with E-state index in [1.807, 2.05) is 0 Å². The number of nitrogens with zero attached hydrogens (tertiary/aromatic N) is 2. The summed E-state index contributed by atoms with van der Waals surface area (Å²) in [5.41, 5.74) is 0.0665. The summed E-state index contributed by atoms with van der Waals surface area (Å²) in [5, 5.41) is 3.92. The lowest BCUT2D eigenvalue weighted by molar-refractivity contribution is 0.102. The standard InChI is InChI=1S/C7H7BrN2O2/c1-10-7(12)2-5(4-9-10)6(11)3-8/h2,4H,3H2,1H3. The molecule has 1 rings (SSSR count). The van der Waals surface area contributed by atoms with Gasteiger partial charge >= 0.3 is 0 Å². The van der Waals surface area contributed by atoms with Crippen molar-refractivity contribution in [2.75, 3.05) is 5.33 Å². The Bertz CT molecular complexity index is 359. The van der Waals surface area contributed by atoms with Crippen LogP contribution in [0.5, 0.6) is 0 Å². The molecule has 0 fully saturated rings. The predicted octanol–water partition coefficient (Wildman–Crippen LogP) is 0.358. The number of halogens is 1. The molecule has 1 aromatic heterocycles. The molecule has 0 N–H and O–H groups in total. The second-order valence-electron chi connectivity index (χ2n) is 2.26. The van der Waals surface area contributed by atoms with E-state index in [0.717, 1.165) is 0 Å². The Labute approximate surface area is 77.3 Å². The van der Waals surface area contributed by atoms with Gasteiger partial charge in [-0.3, -0.25) is 9.59 Å². The van der Waals surface area contributed by atoms with Gasteiger partial charge in [0.25, 0.3) is 5.56 Å². The van der Waals surface area contributed by atoms with Crippen molar-refractivity contribution in [3.05, 3.63) is 28.2 Å². The molecule has 0 radical (unpaired) electrons. The van der Waals surface area contributed by atoms with Crippen molar-refractivity contribution in [2.24, 2.45) is 7.05 Å². The first kappa shape index (κ1) is 9.12. The topological polar surface area (TPSA) is 52.0 Å². The normalized spacial score (nSPS) is 9.83. The van der Waals surface area contributed by atoms with Crippen LogP contribution in [0.3, 0.4) is 0 Å². The first-order valence-corrected chi connectivity index (χ1v) is 4.40. The minimum absolute atomic E-state index is 0.139. The van der Waals surface area contributed by atoms with Crippen LogP contribution in [0, 0.1) is 0 Å². The molecule has 0 amide bonds. The number of ketones is 1. The van der Waals surface area contributed by atoms with Crippen molar-refractivity contribution in [1.82, 2.24) is 9.78 Å². The van der Waals surface area contributed by atoms with Crippen LogP contribution < -0.4 is 5.56 Å². The molecule has 0 aliphatic carbocycles. The Morgan fingerprint density at radius 2 is 2.42 bits per heavy atom. The molecular formula is C7H7BrN2O2. The highest BCUT2D eigenvalue weighted by atomic mass is 79.9. The fourth-order valence-electron chi connectivity index (χ4n) is 0.699. The van der Waals surface area contributed by atoms with E-state index in [9.17, 15) is 9.59 Å². The van der Waals surface area contributed by atoms with Crippen LogP contribution in [0.25, 0.3) is 0 Å². The molecule has 1 heterocycles. The molecule has 64 valence electrons. The number of alkyl halides is 1. The number of aryl methyl sites for hydroxylation is 1. The highest BCUT2D eigenvalue weighted by Crippen LogP contribution is 1.96. The molecule has 1 aromatic rings. The first-order chi connectivity index (χ1) is 5.65. The molecule has 0 bridgehead atoms. The lowest BCUT2D eigenvalue weighted by Crippen LogP contribution is -2.20. The van der Waals surface area contributed by atoms with Gasteiger partial charge in [0.15, 0.2) is 5.78 Å². The third-order valence-corrected chi connectivity index (χ3v) is 1.92. The van der Waals surface area contributed by atoms with Gasteiger partial charge in [-0.15, -0.1) is 0 Å². The number of aromatic nitrogens is 2. The van der Waals surface area contributed by atoms with Crippen molar-refractivity contribution in [1.29, 1.82) is 0 Å². The Kier molecular flexibility index (Phi) is 2.75. The summed E-state index contributed by atoms with van der Waals surface area (Å²) >= 11 is 3.01. The number of Topliss-reactive ketones (excluding diaryl/α,β-unsaturated/α-hetero) is 1. The zero-order valence-corrected chi connectivity index (χ0v) is 8.04. The van der Waals surface area contributed by atoms with Gasteiger partial charge in [-0.05, 0) is 0 Å². The van der Waals surface area contributed by atoms with Gasteiger partial charge in [0.05, 0.1) is 11.5 Å². The van der Waals surface area contributed by atoms with Crippen molar-refractivity contribution in [3.8, 4) is 0 Å². The molecule has 4 nitrogen and oxygen atoms in total. The molecule has 12 heavy (non-hydrogen) atoms. The van der Waals surface area contributed by atoms with Gasteiger partial charge in [0, 0.05) is 18.7 Å². The van der Waals surface area contributed by atoms with Crippen LogP contribution in [0.2, 0.25) is 0 Å². The van der Waals surface area contributed by atoms with E-state index >= 15 is 0 Å². The zero-order chi connectivity index (χ0) is 9.14. The maximum absolute atomic E-state index is 11.0. The fourth-order valence-corrected chi connectivity index (χ4v) is 1.02. The van der Waals surface area contributed by atoms with E-state index in [1.54, 1.807) is 0 Å². The summed E-state index contributed by atoms with van der Waals surface area (Å²) in [7, 11) is 1.53. The lowest BCUT2D eigenvalue weighted by Gasteiger charge is -1.97. The van der Waals surface area contributed by atoms with Crippen molar-refractivity contribution >= 4 is 21.7 Å². The first-order valence-electron chi connectivity index (χ1n) is 3.27. The number of carbonyl (C=O) groups is 1. The highest BCUT2D eigenvalue weighted by molar-refractivity contribution is 9.09. The average Bonchev–Trinajstić information content (AvgIpc) is 2.08. The summed E-state index contributed by atoms with van der Waals surface area (Å²) in [6, 6.07) is 1.27. The monoisotopic (exact) mass is 230 g/mol. The third-order valence-electron chi connectivity index (χ3n) is 1.41. The number of rotatable bonds is 2. The minimum Gasteiger partial charge on any atom is -0.293 e. The largest absolute Gasteiger partial charge is 0.293 e. The molecule has 0 aliphatic heterocycles. The van der Waals surface area contributed by atoms with Gasteiger partial charge in [-0.2, -0.15) is 5.10 Å². The maximum atomic E-state index is 11.0. The Balaban J connectivity index is 3.13. The van der Waals surface area contributed by atoms with Crippen LogP contribution in [0.15, 0.2) is 17.1 Å². The predicted molar refractivity (Wildman–Crippen MR) is 47.6 cm³/mol. The number of carbonyl (C=O) groups excluding carboxylic acids is 1. The maximum Gasteiger partial charge on any atom is 0.267 e. The Morgan fingerprint density at radius 1 is 1.75 bits per heavy atom. The second-order valence-corrected chi connectivity index (χ2v) is 2.82. The third kappa shape index (κ3) is 1.79. The van der Waals surface area contributed by atoms with Crippen molar-refractivity contribution in [3.63, 3.8) is 0 Å². The van der Waals surface area contributed by atoms with E-state index in [4.69, 9.17) is 0 Å². The summed E-state index contributed by atoms with van der Waals surface area (Å²) in [5.74, 6) is -0.139. The van der Waals surface area contributed by atoms with Gasteiger partial charge in [0.2, 0.25) is 0 Å². The highest BCUT2D eigenvalue weighted by Gasteiger charge is 2.04. The molecule has 0 aliphatic rings. The molecule has 0 unspecified atom stereocenters. The van der Waals surface area contributed by atoms with Crippen LogP contribution in [0.4, 0.5) is 0 Å². The smallest absolute Gasteiger partial charge is 0.267 e. The molecule has 0 aromatic carbocycles. The number of hydrogen-bond acceptors (Lipinski definition) is 3. The summed E-state index contributed by atoms with van der Waals surface area (Å²) in [6.07, 6.45) is 1.38. The van der Waals surface area contributed by atoms with E-state index in [-0.39, 0.29) is 16.7 Å². The van der Waals surface area contributed by atoms with E-state index in [1.165, 1.54) is 24.0 Å². The second kappa shape index (κ2) is 3.62. The summed E-state index contributed by atoms with van der Waals surface area (Å²) < 4.78 is 1.17. The lowest BCUT2D eigenvalue weighted by atomic mass is 10.2. The van der Waals surface area contributed by atoms with Gasteiger partial charge in [0.1, 0.15) is 0 Å². The van der Waals surface area contributed by atoms with E-state index < -0.39 is 0 Å². The zero-order valence-electron chi connectivity index (χ0n) is 6.45.